The summed E-state index contributed by atoms with van der Waals surface area (Å²) in [5.74, 6) is 0.157. The van der Waals surface area contributed by atoms with E-state index >= 15 is 0 Å². The average molecular weight is 587 g/mol. The third-order valence-electron chi connectivity index (χ3n) is 8.16. The smallest absolute Gasteiger partial charge is 0.388 e. The number of aromatic nitrogens is 1. The Kier molecular flexibility index (Phi) is 6.25. The van der Waals surface area contributed by atoms with Crippen LogP contribution < -0.4 is 0 Å². The van der Waals surface area contributed by atoms with Gasteiger partial charge >= 0.3 is 6.18 Å². The third kappa shape index (κ3) is 4.17. The van der Waals surface area contributed by atoms with Crippen LogP contribution >= 0.6 is 22.6 Å². The maximum Gasteiger partial charge on any atom is 0.416 e. The number of allylic oxidation sites excluding steroid dienone is 3. The van der Waals surface area contributed by atoms with Crippen LogP contribution in [0.5, 0.6) is 0 Å². The number of hydrogen-bond donors (Lipinski definition) is 1. The molecule has 7 heteroatoms. The van der Waals surface area contributed by atoms with Crippen LogP contribution in [0.1, 0.15) is 106 Å². The van der Waals surface area contributed by atoms with E-state index in [1.807, 2.05) is 0 Å². The number of pyridine rings is 1. The molecule has 1 aliphatic heterocycles. The molecule has 5 rings (SSSR count). The van der Waals surface area contributed by atoms with Crippen molar-refractivity contribution in [1.29, 1.82) is 0 Å². The minimum atomic E-state index is -4.33. The number of alkyl halides is 4. The summed E-state index contributed by atoms with van der Waals surface area (Å²) < 4.78 is 47.1. The van der Waals surface area contributed by atoms with E-state index in [4.69, 9.17) is 9.72 Å². The van der Waals surface area contributed by atoms with Crippen LogP contribution in [0.15, 0.2) is 23.8 Å². The Labute approximate surface area is 213 Å². The molecule has 3 nitrogen and oxygen atoms in total. The van der Waals surface area contributed by atoms with Gasteiger partial charge in [-0.05, 0) is 55.9 Å². The topological polar surface area (TPSA) is 42.4 Å². The second-order valence-electron chi connectivity index (χ2n) is 11.5. The summed E-state index contributed by atoms with van der Waals surface area (Å²) in [7, 11) is 0. The molecule has 0 bridgehead atoms. The maximum absolute atomic E-state index is 13.2. The van der Waals surface area contributed by atoms with Crippen molar-refractivity contribution in [2.45, 2.75) is 95.6 Å². The fourth-order valence-corrected chi connectivity index (χ4v) is 7.09. The van der Waals surface area contributed by atoms with Crippen LogP contribution in [-0.2, 0) is 16.8 Å². The lowest BCUT2D eigenvalue weighted by Crippen LogP contribution is -2.31. The Hall–Kier alpha value is -0.930. The first-order valence-corrected chi connectivity index (χ1v) is 13.9. The molecule has 4 aliphatic rings. The van der Waals surface area contributed by atoms with E-state index < -0.39 is 23.5 Å². The summed E-state index contributed by atoms with van der Waals surface area (Å²) in [6, 6.07) is 0. The summed E-state index contributed by atoms with van der Waals surface area (Å²) >= 11 is 2.33. The van der Waals surface area contributed by atoms with Crippen molar-refractivity contribution in [1.82, 2.24) is 4.98 Å². The van der Waals surface area contributed by atoms with Crippen LogP contribution in [0.2, 0.25) is 0 Å². The van der Waals surface area contributed by atoms with Gasteiger partial charge in [0.1, 0.15) is 5.60 Å². The molecule has 0 spiro atoms. The summed E-state index contributed by atoms with van der Waals surface area (Å²) in [6.07, 6.45) is 5.17. The van der Waals surface area contributed by atoms with Gasteiger partial charge in [-0.3, -0.25) is 4.98 Å². The van der Waals surface area contributed by atoms with Crippen LogP contribution in [-0.4, -0.2) is 20.7 Å². The lowest BCUT2D eigenvalue weighted by molar-refractivity contribution is -0.0900. The zero-order valence-corrected chi connectivity index (χ0v) is 22.2. The Morgan fingerprint density at radius 3 is 2.44 bits per heavy atom. The molecule has 0 radical (unpaired) electrons. The molecular formula is C27H33F3INO2. The van der Waals surface area contributed by atoms with Crippen molar-refractivity contribution in [2.24, 2.45) is 11.3 Å². The average Bonchev–Trinajstić information content (AvgIpc) is 3.38. The molecule has 1 fully saturated rings. The number of fused-ring (bicyclic) bond motifs is 2. The number of halogens is 4. The van der Waals surface area contributed by atoms with Crippen molar-refractivity contribution in [3.63, 3.8) is 0 Å². The molecule has 1 N–H and O–H groups in total. The number of aliphatic hydroxyl groups excluding tert-OH is 1. The third-order valence-corrected chi connectivity index (χ3v) is 9.61. The van der Waals surface area contributed by atoms with Gasteiger partial charge in [0, 0.05) is 27.2 Å². The van der Waals surface area contributed by atoms with E-state index in [0.717, 1.165) is 54.6 Å². The second kappa shape index (κ2) is 8.58. The Balaban J connectivity index is 1.67. The molecule has 4 atom stereocenters. The molecule has 186 valence electrons. The van der Waals surface area contributed by atoms with Crippen LogP contribution in [0, 0.1) is 11.3 Å². The van der Waals surface area contributed by atoms with Crippen molar-refractivity contribution in [3.05, 3.63) is 51.9 Å². The monoisotopic (exact) mass is 587 g/mol. The van der Waals surface area contributed by atoms with Crippen LogP contribution in [0.25, 0.3) is 0 Å². The van der Waals surface area contributed by atoms with E-state index in [0.29, 0.717) is 16.8 Å². The molecule has 0 aromatic carbocycles. The van der Waals surface area contributed by atoms with E-state index in [9.17, 15) is 18.3 Å². The van der Waals surface area contributed by atoms with Gasteiger partial charge in [-0.1, -0.05) is 67.5 Å². The molecule has 1 saturated carbocycles. The molecule has 1 aromatic heterocycles. The molecule has 0 saturated heterocycles. The summed E-state index contributed by atoms with van der Waals surface area (Å²) in [5.41, 5.74) is 3.96. The highest BCUT2D eigenvalue weighted by atomic mass is 127. The normalized spacial score (nSPS) is 33.1. The summed E-state index contributed by atoms with van der Waals surface area (Å²) in [4.78, 5) is 5.19. The molecule has 2 heterocycles. The van der Waals surface area contributed by atoms with E-state index in [2.05, 4.69) is 43.4 Å². The summed E-state index contributed by atoms with van der Waals surface area (Å²) in [6.45, 7) is 6.42. The lowest BCUT2D eigenvalue weighted by atomic mass is 9.70. The van der Waals surface area contributed by atoms with Gasteiger partial charge in [-0.25, -0.2) is 0 Å². The quantitative estimate of drug-likeness (QED) is 0.294. The van der Waals surface area contributed by atoms with Crippen molar-refractivity contribution in [2.75, 3.05) is 4.43 Å². The Bertz CT molecular complexity index is 1040. The first kappa shape index (κ1) is 24.8. The predicted octanol–water partition coefficient (Wildman–Crippen LogP) is 7.53. The molecular weight excluding hydrogens is 554 g/mol. The molecule has 3 unspecified atom stereocenters. The van der Waals surface area contributed by atoms with Crippen LogP contribution in [0.4, 0.5) is 13.2 Å². The Morgan fingerprint density at radius 1 is 1.15 bits per heavy atom. The zero-order chi connectivity index (χ0) is 24.5. The second-order valence-corrected chi connectivity index (χ2v) is 12.3. The fraction of sp³-hybridized carbons (Fsp3) is 0.667. The van der Waals surface area contributed by atoms with Crippen molar-refractivity contribution in [3.8, 4) is 0 Å². The molecule has 0 amide bonds. The van der Waals surface area contributed by atoms with Gasteiger partial charge in [0.25, 0.3) is 0 Å². The summed E-state index contributed by atoms with van der Waals surface area (Å²) in [5, 5.41) is 11.3. The first-order chi connectivity index (χ1) is 15.9. The SMILES string of the molecule is CC1(C)Cc2nc3c(c(C4CCCC4)c2[C@@H](O)C1)C(C1C=CC(C(F)(F)F)=CC1)OC3(C)CI. The molecule has 1 aromatic rings. The van der Waals surface area contributed by atoms with Gasteiger partial charge in [-0.2, -0.15) is 13.2 Å². The number of aliphatic hydroxyl groups is 1. The fourth-order valence-electron chi connectivity index (χ4n) is 6.55. The molecule has 3 aliphatic carbocycles. The minimum Gasteiger partial charge on any atom is -0.388 e. The van der Waals surface area contributed by atoms with Gasteiger partial charge in [0.05, 0.1) is 23.5 Å². The van der Waals surface area contributed by atoms with Gasteiger partial charge in [0.2, 0.25) is 0 Å². The molecule has 34 heavy (non-hydrogen) atoms. The van der Waals surface area contributed by atoms with Gasteiger partial charge < -0.3 is 9.84 Å². The zero-order valence-electron chi connectivity index (χ0n) is 20.0. The maximum atomic E-state index is 13.2. The highest BCUT2D eigenvalue weighted by Gasteiger charge is 2.50. The highest BCUT2D eigenvalue weighted by molar-refractivity contribution is 14.1. The largest absolute Gasteiger partial charge is 0.416 e. The predicted molar refractivity (Wildman–Crippen MR) is 134 cm³/mol. The standard InChI is InChI=1S/C27H33F3INO2/c1-25(2)12-18-21(19(33)13-25)20(15-6-4-5-7-15)22-23(34-26(3,14-31)24(22)32-18)16-8-10-17(11-9-16)27(28,29)30/h8,10-11,15-16,19,23,33H,4-7,9,12-14H2,1-3H3/t16?,19-,23?,26?/m0/s1. The van der Waals surface area contributed by atoms with Gasteiger partial charge in [-0.15, -0.1) is 0 Å². The Morgan fingerprint density at radius 2 is 1.85 bits per heavy atom. The first-order valence-electron chi connectivity index (χ1n) is 12.4. The number of nitrogens with zero attached hydrogens (tertiary/aromatic N) is 1. The lowest BCUT2D eigenvalue weighted by Gasteiger charge is -2.38. The van der Waals surface area contributed by atoms with E-state index in [-0.39, 0.29) is 23.9 Å². The van der Waals surface area contributed by atoms with E-state index in [1.54, 1.807) is 6.08 Å². The minimum absolute atomic E-state index is 0.0366. The van der Waals surface area contributed by atoms with E-state index in [1.165, 1.54) is 17.7 Å². The van der Waals surface area contributed by atoms with Crippen molar-refractivity contribution < 1.29 is 23.0 Å². The number of ether oxygens (including phenoxy) is 1. The van der Waals surface area contributed by atoms with Gasteiger partial charge in [0.15, 0.2) is 0 Å². The number of hydrogen-bond acceptors (Lipinski definition) is 3. The van der Waals surface area contributed by atoms with Crippen molar-refractivity contribution >= 4 is 22.6 Å². The van der Waals surface area contributed by atoms with Crippen LogP contribution in [0.3, 0.4) is 0 Å². The number of rotatable bonds is 3. The highest BCUT2D eigenvalue weighted by Crippen LogP contribution is 2.56.